The normalized spacial score (nSPS) is 10.0. The number of aryl methyl sites for hydroxylation is 1. The molecule has 0 heterocycles. The highest BCUT2D eigenvalue weighted by Gasteiger charge is 1.92. The molecule has 0 saturated carbocycles. The van der Waals surface area contributed by atoms with Gasteiger partial charge in [-0.05, 0) is 18.7 Å². The van der Waals surface area contributed by atoms with Crippen molar-refractivity contribution in [2.24, 2.45) is 0 Å². The number of rotatable bonds is 3. The molecule has 2 radical (unpaired) electrons. The van der Waals surface area contributed by atoms with Crippen molar-refractivity contribution < 1.29 is 0 Å². The van der Waals surface area contributed by atoms with Crippen molar-refractivity contribution in [1.82, 2.24) is 4.98 Å². The predicted octanol–water partition coefficient (Wildman–Crippen LogP) is 0.849. The van der Waals surface area contributed by atoms with Crippen LogP contribution in [0.15, 0.2) is 24.3 Å². The third kappa shape index (κ3) is 2.86. The van der Waals surface area contributed by atoms with Crippen LogP contribution in [-0.2, 0) is 0 Å². The third-order valence-electron chi connectivity index (χ3n) is 1.43. The Morgan fingerprint density at radius 3 is 2.91 bits per heavy atom. The van der Waals surface area contributed by atoms with Gasteiger partial charge in [0.2, 0.25) is 0 Å². The molecule has 0 aliphatic carbocycles. The Kier molecular flexibility index (Phi) is 3.33. The van der Waals surface area contributed by atoms with Crippen LogP contribution >= 0.6 is 0 Å². The molecular formula is C9H13NSi. The van der Waals surface area contributed by atoms with E-state index in [2.05, 4.69) is 43.1 Å². The molecule has 11 heavy (non-hydrogen) atoms. The zero-order valence-electron chi connectivity index (χ0n) is 7.02. The molecule has 0 saturated heterocycles. The zero-order chi connectivity index (χ0) is 8.10. The van der Waals surface area contributed by atoms with Crippen molar-refractivity contribution in [2.45, 2.75) is 13.8 Å². The summed E-state index contributed by atoms with van der Waals surface area (Å²) in [5.41, 5.74) is 1.34. The fraction of sp³-hybridized carbons (Fsp3) is 0.333. The first-order chi connectivity index (χ1) is 5.33. The molecule has 1 aromatic rings. The van der Waals surface area contributed by atoms with Crippen LogP contribution in [0, 0.1) is 6.92 Å². The van der Waals surface area contributed by atoms with Gasteiger partial charge in [0.05, 0.1) is 0 Å². The average molecular weight is 163 g/mol. The van der Waals surface area contributed by atoms with Gasteiger partial charge in [-0.25, -0.2) is 0 Å². The second-order valence-corrected chi connectivity index (χ2v) is 3.71. The lowest BCUT2D eigenvalue weighted by molar-refractivity contribution is 1.01. The van der Waals surface area contributed by atoms with Gasteiger partial charge in [0.25, 0.3) is 0 Å². The monoisotopic (exact) mass is 163 g/mol. The molecule has 1 N–H and O–H groups in total. The summed E-state index contributed by atoms with van der Waals surface area (Å²) in [6.45, 7) is 5.30. The summed E-state index contributed by atoms with van der Waals surface area (Å²) in [6.07, 6.45) is 0. The van der Waals surface area contributed by atoms with E-state index in [1.807, 2.05) is 0 Å². The second-order valence-electron chi connectivity index (χ2n) is 2.52. The molecule has 0 aromatic heterocycles. The van der Waals surface area contributed by atoms with Crippen LogP contribution < -0.4 is 10.2 Å². The van der Waals surface area contributed by atoms with Gasteiger partial charge in [0.1, 0.15) is 0 Å². The van der Waals surface area contributed by atoms with Gasteiger partial charge in [0.15, 0.2) is 9.68 Å². The third-order valence-corrected chi connectivity index (χ3v) is 2.56. The molecule has 1 nitrogen and oxygen atoms in total. The molecule has 0 amide bonds. The highest BCUT2D eigenvalue weighted by atomic mass is 28.2. The first-order valence-electron chi connectivity index (χ1n) is 3.88. The zero-order valence-corrected chi connectivity index (χ0v) is 8.02. The van der Waals surface area contributed by atoms with E-state index in [9.17, 15) is 0 Å². The van der Waals surface area contributed by atoms with Crippen LogP contribution in [0.3, 0.4) is 0 Å². The molecule has 0 unspecified atom stereocenters. The molecule has 0 spiro atoms. The lowest BCUT2D eigenvalue weighted by Gasteiger charge is -1.99. The van der Waals surface area contributed by atoms with Crippen LogP contribution in [0.4, 0.5) is 0 Å². The molecular weight excluding hydrogens is 150 g/mol. The number of nitrogens with one attached hydrogen (secondary N) is 1. The van der Waals surface area contributed by atoms with Gasteiger partial charge < -0.3 is 4.98 Å². The van der Waals surface area contributed by atoms with Gasteiger partial charge in [-0.3, -0.25) is 0 Å². The molecule has 58 valence electrons. The van der Waals surface area contributed by atoms with E-state index in [-0.39, 0.29) is 0 Å². The maximum absolute atomic E-state index is 3.32. The molecule has 1 aromatic carbocycles. The second kappa shape index (κ2) is 4.31. The molecule has 0 aliphatic rings. The Hall–Kier alpha value is -0.603. The summed E-state index contributed by atoms with van der Waals surface area (Å²) < 4.78 is 0. The van der Waals surface area contributed by atoms with E-state index in [0.717, 1.165) is 16.2 Å². The highest BCUT2D eigenvalue weighted by molar-refractivity contribution is 6.50. The molecule has 0 fully saturated rings. The minimum absolute atomic E-state index is 0.751. The van der Waals surface area contributed by atoms with Crippen LogP contribution in [0.5, 0.6) is 0 Å². The van der Waals surface area contributed by atoms with Crippen LogP contribution in [0.2, 0.25) is 0 Å². The molecule has 1 rings (SSSR count). The summed E-state index contributed by atoms with van der Waals surface area (Å²) in [5.74, 6) is 0. The number of hydrogen-bond donors (Lipinski definition) is 1. The average Bonchev–Trinajstić information content (AvgIpc) is 2.01. The summed E-state index contributed by atoms with van der Waals surface area (Å²) in [7, 11) is 0.751. The molecule has 0 bridgehead atoms. The summed E-state index contributed by atoms with van der Waals surface area (Å²) in [6, 6.07) is 8.62. The maximum atomic E-state index is 3.32. The lowest BCUT2D eigenvalue weighted by atomic mass is 10.2. The summed E-state index contributed by atoms with van der Waals surface area (Å²) >= 11 is 0. The standard InChI is InChI=1S/C9H13NSi/c1-3-10-11-9-6-4-5-8(2)7-9/h4-7,10H,3H2,1-2H3. The maximum Gasteiger partial charge on any atom is 0.179 e. The topological polar surface area (TPSA) is 12.0 Å². The van der Waals surface area contributed by atoms with E-state index in [1.54, 1.807) is 0 Å². The Morgan fingerprint density at radius 2 is 2.27 bits per heavy atom. The molecule has 2 heteroatoms. The molecule has 0 aliphatic heterocycles. The van der Waals surface area contributed by atoms with E-state index in [1.165, 1.54) is 10.8 Å². The first-order valence-corrected chi connectivity index (χ1v) is 4.88. The van der Waals surface area contributed by atoms with E-state index in [0.29, 0.717) is 0 Å². The van der Waals surface area contributed by atoms with Crippen molar-refractivity contribution in [2.75, 3.05) is 6.54 Å². The van der Waals surface area contributed by atoms with Crippen LogP contribution in [0.1, 0.15) is 12.5 Å². The smallest absolute Gasteiger partial charge is 0.179 e. The van der Waals surface area contributed by atoms with E-state index < -0.39 is 0 Å². The quantitative estimate of drug-likeness (QED) is 0.651. The van der Waals surface area contributed by atoms with Crippen molar-refractivity contribution in [1.29, 1.82) is 0 Å². The van der Waals surface area contributed by atoms with Crippen LogP contribution in [0.25, 0.3) is 0 Å². The van der Waals surface area contributed by atoms with Crippen molar-refractivity contribution in [3.63, 3.8) is 0 Å². The largest absolute Gasteiger partial charge is 0.336 e. The number of benzene rings is 1. The summed E-state index contributed by atoms with van der Waals surface area (Å²) in [4.78, 5) is 3.32. The fourth-order valence-corrected chi connectivity index (χ4v) is 1.77. The van der Waals surface area contributed by atoms with Gasteiger partial charge >= 0.3 is 0 Å². The van der Waals surface area contributed by atoms with Gasteiger partial charge in [-0.2, -0.15) is 0 Å². The van der Waals surface area contributed by atoms with Crippen LogP contribution in [-0.4, -0.2) is 16.2 Å². The van der Waals surface area contributed by atoms with Crippen molar-refractivity contribution >= 4 is 14.9 Å². The lowest BCUT2D eigenvalue weighted by Crippen LogP contribution is -2.30. The van der Waals surface area contributed by atoms with Crippen molar-refractivity contribution in [3.8, 4) is 0 Å². The Balaban J connectivity index is 2.56. The summed E-state index contributed by atoms with van der Waals surface area (Å²) in [5, 5.41) is 1.40. The Labute approximate surface area is 70.7 Å². The van der Waals surface area contributed by atoms with Gasteiger partial charge in [0, 0.05) is 0 Å². The van der Waals surface area contributed by atoms with Gasteiger partial charge in [-0.15, -0.1) is 0 Å². The minimum Gasteiger partial charge on any atom is -0.336 e. The number of hydrogen-bond acceptors (Lipinski definition) is 1. The minimum atomic E-state index is 0.751. The van der Waals surface area contributed by atoms with E-state index >= 15 is 0 Å². The predicted molar refractivity (Wildman–Crippen MR) is 50.2 cm³/mol. The highest BCUT2D eigenvalue weighted by Crippen LogP contribution is 1.90. The van der Waals surface area contributed by atoms with E-state index in [4.69, 9.17) is 0 Å². The molecule has 0 atom stereocenters. The first kappa shape index (κ1) is 8.49. The Bertz CT molecular complexity index is 223. The SMILES string of the molecule is CCN[Si]c1cccc(C)c1. The van der Waals surface area contributed by atoms with Gasteiger partial charge in [-0.1, -0.05) is 36.8 Å². The Morgan fingerprint density at radius 1 is 1.45 bits per heavy atom. The fourth-order valence-electron chi connectivity index (χ4n) is 0.913. The van der Waals surface area contributed by atoms with Crippen molar-refractivity contribution in [3.05, 3.63) is 29.8 Å².